The van der Waals surface area contributed by atoms with E-state index >= 15 is 0 Å². The molecule has 7 nitrogen and oxygen atoms in total. The fourth-order valence-corrected chi connectivity index (χ4v) is 2.95. The standard InChI is InChI=1S/C11H11NO.C10H12N2O2.C2H6.CH4O/c13-11-6-10(7-11)12-8-9-4-2-1-3-5-9;1-12-5-4-6-2-3-7(11)9(13)8(6)10(12)14;2*1-2/h1-6,12H,7-8H2;2-3,13H,4-5,11H2,1H3;1-2H3;2H,1H3. The lowest BCUT2D eigenvalue weighted by Gasteiger charge is -2.25. The average Bonchev–Trinajstić information content (AvgIpc) is 2.79. The molecule has 4 rings (SSSR count). The zero-order valence-corrected chi connectivity index (χ0v) is 18.7. The van der Waals surface area contributed by atoms with Gasteiger partial charge in [-0.05, 0) is 23.6 Å². The maximum Gasteiger partial charge on any atom is 0.257 e. The number of nitrogens with two attached hydrogens (primary N) is 1. The second kappa shape index (κ2) is 13.1. The van der Waals surface area contributed by atoms with Crippen molar-refractivity contribution in [3.05, 3.63) is 70.9 Å². The van der Waals surface area contributed by atoms with Crippen molar-refractivity contribution in [2.75, 3.05) is 26.4 Å². The van der Waals surface area contributed by atoms with Crippen molar-refractivity contribution >= 4 is 17.4 Å². The Bertz CT molecular complexity index is 895. The van der Waals surface area contributed by atoms with Crippen LogP contribution >= 0.6 is 0 Å². The highest BCUT2D eigenvalue weighted by molar-refractivity contribution is 6.00. The number of hydrogen-bond acceptors (Lipinski definition) is 6. The summed E-state index contributed by atoms with van der Waals surface area (Å²) in [6.45, 7) is 5.50. The minimum absolute atomic E-state index is 0.0842. The minimum Gasteiger partial charge on any atom is -0.505 e. The van der Waals surface area contributed by atoms with E-state index in [0.717, 1.165) is 31.3 Å². The number of hydrogen-bond donors (Lipinski definition) is 4. The van der Waals surface area contributed by atoms with Crippen LogP contribution in [0.1, 0.15) is 41.8 Å². The number of benzene rings is 2. The van der Waals surface area contributed by atoms with Gasteiger partial charge in [-0.1, -0.05) is 50.2 Å². The molecule has 1 aliphatic heterocycles. The predicted octanol–water partition coefficient (Wildman–Crippen LogP) is 2.87. The molecular weight excluding hydrogens is 394 g/mol. The molecule has 168 valence electrons. The number of fused-ring (bicyclic) bond motifs is 1. The Morgan fingerprint density at radius 3 is 2.26 bits per heavy atom. The number of nitrogens with one attached hydrogen (secondary N) is 1. The summed E-state index contributed by atoms with van der Waals surface area (Å²) in [7, 11) is 2.72. The topological polar surface area (TPSA) is 116 Å². The highest BCUT2D eigenvalue weighted by Crippen LogP contribution is 2.31. The molecule has 1 heterocycles. The first-order valence-electron chi connectivity index (χ1n) is 10.3. The molecule has 0 saturated heterocycles. The van der Waals surface area contributed by atoms with Gasteiger partial charge in [0, 0.05) is 39.0 Å². The number of phenolic OH excluding ortho intramolecular Hbond substituents is 1. The summed E-state index contributed by atoms with van der Waals surface area (Å²) in [6.07, 6.45) is 3.00. The second-order valence-corrected chi connectivity index (χ2v) is 6.67. The van der Waals surface area contributed by atoms with Crippen LogP contribution in [-0.2, 0) is 17.8 Å². The van der Waals surface area contributed by atoms with Crippen LogP contribution in [0.25, 0.3) is 0 Å². The lowest BCUT2D eigenvalue weighted by atomic mass is 9.97. The highest BCUT2D eigenvalue weighted by Gasteiger charge is 2.25. The summed E-state index contributed by atoms with van der Waals surface area (Å²) in [5, 5.41) is 19.9. The van der Waals surface area contributed by atoms with Gasteiger partial charge < -0.3 is 26.2 Å². The van der Waals surface area contributed by atoms with E-state index in [1.165, 1.54) is 5.56 Å². The smallest absolute Gasteiger partial charge is 0.257 e. The van der Waals surface area contributed by atoms with Gasteiger partial charge in [0.05, 0.1) is 17.7 Å². The van der Waals surface area contributed by atoms with Crippen LogP contribution in [0.3, 0.4) is 0 Å². The third-order valence-corrected chi connectivity index (χ3v) is 4.63. The van der Waals surface area contributed by atoms with Crippen molar-refractivity contribution in [2.45, 2.75) is 33.2 Å². The van der Waals surface area contributed by atoms with E-state index in [9.17, 15) is 14.7 Å². The molecule has 0 atom stereocenters. The number of allylic oxidation sites excluding steroid dienone is 2. The van der Waals surface area contributed by atoms with Crippen molar-refractivity contribution in [3.63, 3.8) is 0 Å². The molecule has 1 aliphatic carbocycles. The van der Waals surface area contributed by atoms with Gasteiger partial charge >= 0.3 is 0 Å². The quantitative estimate of drug-likeness (QED) is 0.442. The van der Waals surface area contributed by atoms with Crippen molar-refractivity contribution < 1.29 is 19.8 Å². The molecule has 2 aromatic rings. The Hall–Kier alpha value is -3.32. The van der Waals surface area contributed by atoms with Crippen LogP contribution in [0.4, 0.5) is 5.69 Å². The zero-order valence-electron chi connectivity index (χ0n) is 18.7. The number of nitrogen functional groups attached to an aromatic ring is 1. The number of ketones is 1. The Morgan fingerprint density at radius 2 is 1.68 bits per heavy atom. The lowest BCUT2D eigenvalue weighted by Crippen LogP contribution is -2.34. The maximum atomic E-state index is 11.7. The van der Waals surface area contributed by atoms with E-state index in [0.29, 0.717) is 18.5 Å². The molecule has 2 aromatic carbocycles. The van der Waals surface area contributed by atoms with E-state index in [1.54, 1.807) is 30.2 Å². The number of aliphatic hydroxyl groups excluding tert-OH is 1. The van der Waals surface area contributed by atoms with Gasteiger partial charge in [-0.15, -0.1) is 0 Å². The first-order valence-corrected chi connectivity index (χ1v) is 10.3. The summed E-state index contributed by atoms with van der Waals surface area (Å²) in [5.74, 6) is -0.0225. The van der Waals surface area contributed by atoms with E-state index < -0.39 is 0 Å². The summed E-state index contributed by atoms with van der Waals surface area (Å²) in [5.41, 5.74) is 9.31. The lowest BCUT2D eigenvalue weighted by molar-refractivity contribution is -0.115. The van der Waals surface area contributed by atoms with E-state index in [1.807, 2.05) is 32.0 Å². The number of likely N-dealkylation sites (N-methyl/N-ethyl adjacent to an activating group) is 1. The zero-order chi connectivity index (χ0) is 23.4. The third-order valence-electron chi connectivity index (χ3n) is 4.63. The fourth-order valence-electron chi connectivity index (χ4n) is 2.95. The Balaban J connectivity index is 0.000000268. The first kappa shape index (κ1) is 25.7. The molecule has 7 heteroatoms. The number of rotatable bonds is 3. The molecule has 2 aliphatic rings. The summed E-state index contributed by atoms with van der Waals surface area (Å²) in [4.78, 5) is 23.9. The fraction of sp³-hybridized carbons (Fsp3) is 0.333. The number of phenols is 1. The number of anilines is 1. The SMILES string of the molecule is CC.CN1CCc2ccc(N)c(O)c2C1=O.CO.O=C1C=C(NCc2ccccc2)C1. The number of aliphatic hydroxyl groups is 1. The van der Waals surface area contributed by atoms with Crippen LogP contribution in [0.15, 0.2) is 54.2 Å². The maximum absolute atomic E-state index is 11.7. The molecule has 5 N–H and O–H groups in total. The highest BCUT2D eigenvalue weighted by atomic mass is 16.3. The predicted molar refractivity (Wildman–Crippen MR) is 124 cm³/mol. The van der Waals surface area contributed by atoms with Crippen LogP contribution in [0, 0.1) is 0 Å². The number of aromatic hydroxyl groups is 1. The number of amides is 1. The van der Waals surface area contributed by atoms with Gasteiger partial charge in [0.25, 0.3) is 5.91 Å². The molecule has 0 radical (unpaired) electrons. The molecule has 1 amide bonds. The molecule has 31 heavy (non-hydrogen) atoms. The summed E-state index contributed by atoms with van der Waals surface area (Å²) in [6, 6.07) is 13.6. The molecule has 0 aromatic heterocycles. The average molecular weight is 428 g/mol. The van der Waals surface area contributed by atoms with Gasteiger partial charge in [-0.3, -0.25) is 9.59 Å². The minimum atomic E-state index is -0.156. The number of nitrogens with zero attached hydrogens (tertiary/aromatic N) is 1. The Morgan fingerprint density at radius 1 is 1.06 bits per heavy atom. The molecule has 0 bridgehead atoms. The number of carbonyl (C=O) groups is 2. The second-order valence-electron chi connectivity index (χ2n) is 6.67. The van der Waals surface area contributed by atoms with E-state index in [2.05, 4.69) is 17.4 Å². The van der Waals surface area contributed by atoms with E-state index in [-0.39, 0.29) is 23.1 Å². The van der Waals surface area contributed by atoms with Gasteiger partial charge in [-0.25, -0.2) is 0 Å². The first-order chi connectivity index (χ1) is 15.0. The molecular formula is C24H33N3O4. The van der Waals surface area contributed by atoms with Gasteiger partial charge in [-0.2, -0.15) is 0 Å². The van der Waals surface area contributed by atoms with Crippen molar-refractivity contribution in [1.82, 2.24) is 10.2 Å². The third kappa shape index (κ3) is 7.15. The normalized spacial score (nSPS) is 13.6. The summed E-state index contributed by atoms with van der Waals surface area (Å²) < 4.78 is 0. The Kier molecular flexibility index (Phi) is 10.8. The van der Waals surface area contributed by atoms with Crippen LogP contribution < -0.4 is 11.1 Å². The largest absolute Gasteiger partial charge is 0.505 e. The monoisotopic (exact) mass is 427 g/mol. The van der Waals surface area contributed by atoms with Crippen LogP contribution in [-0.4, -0.2) is 47.5 Å². The molecule has 0 saturated carbocycles. The van der Waals surface area contributed by atoms with Crippen LogP contribution in [0.2, 0.25) is 0 Å². The molecule has 0 fully saturated rings. The number of carbonyl (C=O) groups excluding carboxylic acids is 2. The molecule has 0 unspecified atom stereocenters. The van der Waals surface area contributed by atoms with Gasteiger partial charge in [0.2, 0.25) is 0 Å². The van der Waals surface area contributed by atoms with Gasteiger partial charge in [0.15, 0.2) is 11.5 Å². The van der Waals surface area contributed by atoms with Crippen molar-refractivity contribution in [2.24, 2.45) is 0 Å². The van der Waals surface area contributed by atoms with Crippen molar-refractivity contribution in [1.29, 1.82) is 0 Å². The van der Waals surface area contributed by atoms with E-state index in [4.69, 9.17) is 10.8 Å². The van der Waals surface area contributed by atoms with Gasteiger partial charge in [0.1, 0.15) is 0 Å². The van der Waals surface area contributed by atoms with Crippen molar-refractivity contribution in [3.8, 4) is 5.75 Å². The van der Waals surface area contributed by atoms with Crippen LogP contribution in [0.5, 0.6) is 5.75 Å². The molecule has 0 spiro atoms. The summed E-state index contributed by atoms with van der Waals surface area (Å²) >= 11 is 0. The Labute approximate surface area is 184 Å².